The van der Waals surface area contributed by atoms with Gasteiger partial charge in [-0.1, -0.05) is 5.16 Å². The standard InChI is InChI=1S/C15H19ClN6O8S3.Na.H/c1-7(23)17-3-4-31-14-11(13(26)22(14)33(27,28)29)20-12(25)10(21-30-2)8-6-32-15(18-8)19-9(24)5-16;;/h6,11,14H,3-5H2,1-2H3,(H,17,23)(H,20,25)(H,18,19,24)(H,27,28,29);;/t11-,14+;;/m1../s1. The first-order valence-electron chi connectivity index (χ1n) is 8.90. The van der Waals surface area contributed by atoms with Crippen molar-refractivity contribution in [3.05, 3.63) is 11.1 Å². The van der Waals surface area contributed by atoms with Crippen LogP contribution in [0.25, 0.3) is 0 Å². The zero-order valence-corrected chi connectivity index (χ0v) is 20.3. The summed E-state index contributed by atoms with van der Waals surface area (Å²) in [6, 6.07) is -1.32. The summed E-state index contributed by atoms with van der Waals surface area (Å²) in [5.74, 6) is -2.92. The van der Waals surface area contributed by atoms with Gasteiger partial charge < -0.3 is 20.8 Å². The number of oxime groups is 1. The topological polar surface area (TPSA) is 196 Å². The van der Waals surface area contributed by atoms with Crippen molar-refractivity contribution < 1.29 is 37.0 Å². The molecular formula is C15H20ClN6NaO8S3. The zero-order valence-electron chi connectivity index (χ0n) is 17.1. The van der Waals surface area contributed by atoms with Crippen LogP contribution in [0, 0.1) is 0 Å². The molecule has 2 heterocycles. The molecule has 19 heteroatoms. The first-order valence-corrected chi connectivity index (χ1v) is 12.8. The Kier molecular flexibility index (Phi) is 12.2. The summed E-state index contributed by atoms with van der Waals surface area (Å²) in [5, 5.41) is 11.2. The fourth-order valence-corrected chi connectivity index (χ4v) is 5.57. The predicted octanol–water partition coefficient (Wildman–Crippen LogP) is -1.65. The van der Waals surface area contributed by atoms with Crippen LogP contribution in [-0.4, -0.2) is 118 Å². The maximum absolute atomic E-state index is 12.8. The molecule has 1 aliphatic heterocycles. The monoisotopic (exact) mass is 566 g/mol. The Balaban J connectivity index is 0.00000578. The third-order valence-corrected chi connectivity index (χ3v) is 7.11. The molecule has 1 saturated heterocycles. The molecule has 1 fully saturated rings. The molecule has 0 radical (unpaired) electrons. The number of nitrogens with zero attached hydrogens (tertiary/aromatic N) is 3. The van der Waals surface area contributed by atoms with Crippen LogP contribution in [0.4, 0.5) is 5.13 Å². The molecule has 0 aromatic carbocycles. The minimum atomic E-state index is -4.87. The molecule has 184 valence electrons. The van der Waals surface area contributed by atoms with Crippen molar-refractivity contribution in [3.8, 4) is 0 Å². The SMILES string of the molecule is CON=C(C(=O)N[C@@H]1C(=O)N(S(=O)(=O)O)[C@H]1SCCNC(C)=O)c1csc(NC(=O)CCl)n1.[NaH]. The summed E-state index contributed by atoms with van der Waals surface area (Å²) in [5.41, 5.74) is -0.335. The van der Waals surface area contributed by atoms with Crippen molar-refractivity contribution in [2.45, 2.75) is 18.3 Å². The number of aromatic nitrogens is 1. The van der Waals surface area contributed by atoms with Gasteiger partial charge >= 0.3 is 39.9 Å². The normalized spacial score (nSPS) is 17.8. The first-order chi connectivity index (χ1) is 15.5. The Morgan fingerprint density at radius 2 is 2.09 bits per heavy atom. The van der Waals surface area contributed by atoms with Gasteiger partial charge in [0.05, 0.1) is 0 Å². The average Bonchev–Trinajstić information content (AvgIpc) is 3.18. The third-order valence-electron chi connectivity index (χ3n) is 3.81. The third kappa shape index (κ3) is 8.04. The van der Waals surface area contributed by atoms with Gasteiger partial charge in [-0.2, -0.15) is 12.7 Å². The number of β-lactam (4-membered cyclic amide) rings is 1. The predicted molar refractivity (Wildman–Crippen MR) is 127 cm³/mol. The fraction of sp³-hybridized carbons (Fsp3) is 0.467. The summed E-state index contributed by atoms with van der Waals surface area (Å²) in [7, 11) is -3.70. The number of anilines is 1. The van der Waals surface area contributed by atoms with Gasteiger partial charge in [0.1, 0.15) is 30.1 Å². The van der Waals surface area contributed by atoms with E-state index < -0.39 is 39.4 Å². The van der Waals surface area contributed by atoms with Crippen LogP contribution in [-0.2, 0) is 34.3 Å². The molecule has 0 aliphatic carbocycles. The number of hydrogen-bond donors (Lipinski definition) is 4. The number of nitrogens with one attached hydrogen (secondary N) is 3. The number of thioether (sulfide) groups is 1. The second-order valence-corrected chi connectivity index (χ2v) is 9.79. The molecule has 4 N–H and O–H groups in total. The fourth-order valence-electron chi connectivity index (χ4n) is 2.48. The van der Waals surface area contributed by atoms with Gasteiger partial charge in [0.15, 0.2) is 10.8 Å². The van der Waals surface area contributed by atoms with E-state index in [1.807, 2.05) is 0 Å². The summed E-state index contributed by atoms with van der Waals surface area (Å²) in [6.07, 6.45) is 0. The molecule has 14 nitrogen and oxygen atoms in total. The van der Waals surface area contributed by atoms with E-state index >= 15 is 0 Å². The molecule has 0 spiro atoms. The van der Waals surface area contributed by atoms with Gasteiger partial charge in [-0.25, -0.2) is 4.98 Å². The summed E-state index contributed by atoms with van der Waals surface area (Å²) in [6.45, 7) is 1.46. The Labute approximate surface area is 229 Å². The molecule has 34 heavy (non-hydrogen) atoms. The van der Waals surface area contributed by atoms with Gasteiger partial charge in [0.25, 0.3) is 11.8 Å². The number of thiazole rings is 1. The van der Waals surface area contributed by atoms with Crippen molar-refractivity contribution in [1.29, 1.82) is 0 Å². The number of hydrogen-bond acceptors (Lipinski definition) is 11. The Bertz CT molecular complexity index is 1070. The number of carbonyl (C=O) groups is 4. The van der Waals surface area contributed by atoms with Crippen LogP contribution in [0.2, 0.25) is 0 Å². The molecule has 1 aromatic rings. The van der Waals surface area contributed by atoms with Crippen LogP contribution >= 0.6 is 34.7 Å². The molecular weight excluding hydrogens is 547 g/mol. The van der Waals surface area contributed by atoms with E-state index in [0.29, 0.717) is 0 Å². The van der Waals surface area contributed by atoms with Gasteiger partial charge in [0, 0.05) is 24.6 Å². The van der Waals surface area contributed by atoms with E-state index in [0.717, 1.165) is 23.1 Å². The van der Waals surface area contributed by atoms with Crippen LogP contribution < -0.4 is 16.0 Å². The van der Waals surface area contributed by atoms with Crippen LogP contribution in [0.3, 0.4) is 0 Å². The zero-order chi connectivity index (χ0) is 24.8. The quantitative estimate of drug-likeness (QED) is 0.0458. The molecule has 4 amide bonds. The molecule has 1 aromatic heterocycles. The van der Waals surface area contributed by atoms with Gasteiger partial charge in [0.2, 0.25) is 11.8 Å². The molecule has 2 rings (SSSR count). The summed E-state index contributed by atoms with van der Waals surface area (Å²) < 4.78 is 32.7. The number of amides is 4. The van der Waals surface area contributed by atoms with Crippen LogP contribution in [0.15, 0.2) is 10.5 Å². The minimum absolute atomic E-state index is 0. The number of halogens is 1. The molecule has 0 unspecified atom stereocenters. The van der Waals surface area contributed by atoms with E-state index in [-0.39, 0.29) is 74.5 Å². The number of rotatable bonds is 11. The Morgan fingerprint density at radius 3 is 2.65 bits per heavy atom. The van der Waals surface area contributed by atoms with Crippen molar-refractivity contribution >= 4 is 109 Å². The maximum atomic E-state index is 12.8. The molecule has 2 atom stereocenters. The summed E-state index contributed by atoms with van der Waals surface area (Å²) >= 11 is 7.32. The van der Waals surface area contributed by atoms with E-state index in [9.17, 15) is 32.1 Å². The van der Waals surface area contributed by atoms with E-state index in [4.69, 9.17) is 11.6 Å². The second kappa shape index (κ2) is 13.6. The van der Waals surface area contributed by atoms with Gasteiger partial charge in [-0.05, 0) is 0 Å². The first kappa shape index (κ1) is 30.6. The molecule has 0 bridgehead atoms. The summed E-state index contributed by atoms with van der Waals surface area (Å²) in [4.78, 5) is 56.2. The second-order valence-electron chi connectivity index (χ2n) is 6.15. The molecule has 0 saturated carbocycles. The van der Waals surface area contributed by atoms with Crippen molar-refractivity contribution in [2.75, 3.05) is 30.6 Å². The Hall–Kier alpha value is -1.47. The van der Waals surface area contributed by atoms with Crippen LogP contribution in [0.1, 0.15) is 12.6 Å². The van der Waals surface area contributed by atoms with Gasteiger partial charge in [-0.3, -0.25) is 23.7 Å². The average molecular weight is 567 g/mol. The van der Waals surface area contributed by atoms with E-state index in [1.54, 1.807) is 0 Å². The Morgan fingerprint density at radius 1 is 1.41 bits per heavy atom. The van der Waals surface area contributed by atoms with Crippen molar-refractivity contribution in [1.82, 2.24) is 19.9 Å². The van der Waals surface area contributed by atoms with Crippen LogP contribution in [0.5, 0.6) is 0 Å². The van der Waals surface area contributed by atoms with Crippen molar-refractivity contribution in [2.24, 2.45) is 5.16 Å². The van der Waals surface area contributed by atoms with Gasteiger partial charge in [-0.15, -0.1) is 34.7 Å². The number of carbonyl (C=O) groups excluding carboxylic acids is 4. The van der Waals surface area contributed by atoms with E-state index in [1.165, 1.54) is 19.4 Å². The van der Waals surface area contributed by atoms with E-state index in [2.05, 4.69) is 30.9 Å². The van der Waals surface area contributed by atoms with Crippen molar-refractivity contribution in [3.63, 3.8) is 0 Å². The molecule has 1 aliphatic rings. The number of alkyl halides is 1.